The molecule has 1 atom stereocenters. The molecular weight excluding hydrogens is 517 g/mol. The summed E-state index contributed by atoms with van der Waals surface area (Å²) in [5, 5.41) is 3.07. The van der Waals surface area contributed by atoms with E-state index in [4.69, 9.17) is 23.2 Å². The van der Waals surface area contributed by atoms with Gasteiger partial charge in [-0.2, -0.15) is 8.42 Å². The summed E-state index contributed by atoms with van der Waals surface area (Å²) in [5.74, 6) is -0.633. The van der Waals surface area contributed by atoms with Crippen LogP contribution in [0.2, 0.25) is 10.0 Å². The van der Waals surface area contributed by atoms with Crippen LogP contribution in [0.15, 0.2) is 57.8 Å². The number of carbonyl (C=O) groups is 2. The fourth-order valence-corrected chi connectivity index (χ4v) is 6.68. The van der Waals surface area contributed by atoms with Crippen molar-refractivity contribution in [2.75, 3.05) is 5.32 Å². The number of anilines is 1. The van der Waals surface area contributed by atoms with Crippen LogP contribution in [0, 0.1) is 0 Å². The van der Waals surface area contributed by atoms with Crippen molar-refractivity contribution in [3.05, 3.63) is 58.6 Å². The first-order chi connectivity index (χ1) is 16.2. The lowest BCUT2D eigenvalue weighted by Crippen LogP contribution is -2.42. The van der Waals surface area contributed by atoms with E-state index in [9.17, 15) is 18.0 Å². The summed E-state index contributed by atoms with van der Waals surface area (Å²) in [6.45, 7) is 0. The van der Waals surface area contributed by atoms with Crippen LogP contribution in [0.4, 0.5) is 5.69 Å². The van der Waals surface area contributed by atoms with E-state index in [1.807, 2.05) is 0 Å². The van der Waals surface area contributed by atoms with Crippen LogP contribution < -0.4 is 5.32 Å². The molecule has 11 heteroatoms. The normalized spacial score (nSPS) is 20.6. The minimum atomic E-state index is -4.06. The number of sulfonamides is 1. The van der Waals surface area contributed by atoms with Gasteiger partial charge in [-0.1, -0.05) is 54.2 Å². The molecule has 2 aromatic rings. The third-order valence-electron chi connectivity index (χ3n) is 5.72. The molecule has 7 nitrogen and oxygen atoms in total. The van der Waals surface area contributed by atoms with Gasteiger partial charge in [-0.3, -0.25) is 14.5 Å². The van der Waals surface area contributed by atoms with E-state index < -0.39 is 15.3 Å². The Hall–Kier alpha value is -2.07. The molecule has 0 aromatic heterocycles. The number of hydrogen-bond donors (Lipinski definition) is 1. The van der Waals surface area contributed by atoms with Gasteiger partial charge in [-0.05, 0) is 61.4 Å². The molecule has 0 bridgehead atoms. The largest absolute Gasteiger partial charge is 0.326 e. The zero-order valence-electron chi connectivity index (χ0n) is 18.1. The van der Waals surface area contributed by atoms with E-state index in [1.54, 1.807) is 24.3 Å². The van der Waals surface area contributed by atoms with Crippen LogP contribution in [0.1, 0.15) is 38.5 Å². The van der Waals surface area contributed by atoms with Crippen LogP contribution in [0.3, 0.4) is 0 Å². The standard InChI is InChI=1S/C23H23Cl2N3O4S2/c24-15-6-10-17(11-7-15)26-21(29)14-20-22(30)28(18-4-2-1-3-5-18)23(33-20)27-34(31,32)19-12-8-16(25)9-13-19/h6-13,18,20H,1-5,14H2,(H,26,29)/t20-/m0/s1. The molecule has 2 aliphatic rings. The van der Waals surface area contributed by atoms with Crippen LogP contribution in [0.25, 0.3) is 0 Å². The van der Waals surface area contributed by atoms with Crippen molar-refractivity contribution in [3.8, 4) is 0 Å². The number of thioether (sulfide) groups is 1. The van der Waals surface area contributed by atoms with E-state index in [1.165, 1.54) is 29.2 Å². The van der Waals surface area contributed by atoms with E-state index >= 15 is 0 Å². The summed E-state index contributed by atoms with van der Waals surface area (Å²) >= 11 is 12.8. The average molecular weight is 540 g/mol. The number of halogens is 2. The van der Waals surface area contributed by atoms with Gasteiger partial charge in [0.25, 0.3) is 10.0 Å². The van der Waals surface area contributed by atoms with Gasteiger partial charge in [0.1, 0.15) is 5.25 Å². The van der Waals surface area contributed by atoms with Crippen molar-refractivity contribution in [3.63, 3.8) is 0 Å². The maximum absolute atomic E-state index is 13.3. The summed E-state index contributed by atoms with van der Waals surface area (Å²) in [6.07, 6.45) is 4.44. The second-order valence-corrected chi connectivity index (χ2v) is 11.8. The number of benzene rings is 2. The highest BCUT2D eigenvalue weighted by molar-refractivity contribution is 8.16. The van der Waals surface area contributed by atoms with Crippen molar-refractivity contribution < 1.29 is 18.0 Å². The molecule has 1 saturated carbocycles. The van der Waals surface area contributed by atoms with Gasteiger partial charge in [0.2, 0.25) is 11.8 Å². The zero-order valence-corrected chi connectivity index (χ0v) is 21.3. The van der Waals surface area contributed by atoms with Gasteiger partial charge < -0.3 is 5.32 Å². The van der Waals surface area contributed by atoms with Crippen LogP contribution in [-0.4, -0.2) is 41.6 Å². The van der Waals surface area contributed by atoms with Crippen molar-refractivity contribution in [1.82, 2.24) is 4.90 Å². The molecule has 34 heavy (non-hydrogen) atoms. The lowest BCUT2D eigenvalue weighted by Gasteiger charge is -2.30. The predicted molar refractivity (Wildman–Crippen MR) is 136 cm³/mol. The van der Waals surface area contributed by atoms with E-state index in [0.29, 0.717) is 15.7 Å². The summed E-state index contributed by atoms with van der Waals surface area (Å²) < 4.78 is 30.0. The van der Waals surface area contributed by atoms with Crippen LogP contribution >= 0.6 is 35.0 Å². The molecule has 1 heterocycles. The highest BCUT2D eigenvalue weighted by Gasteiger charge is 2.43. The van der Waals surface area contributed by atoms with Crippen molar-refractivity contribution in [2.24, 2.45) is 4.40 Å². The Morgan fingerprint density at radius 1 is 1.00 bits per heavy atom. The minimum absolute atomic E-state index is 0.00928. The number of nitrogens with one attached hydrogen (secondary N) is 1. The van der Waals surface area contributed by atoms with Gasteiger partial charge in [0.15, 0.2) is 5.17 Å². The Morgan fingerprint density at radius 3 is 2.21 bits per heavy atom. The van der Waals surface area contributed by atoms with Gasteiger partial charge in [0, 0.05) is 28.2 Å². The summed E-state index contributed by atoms with van der Waals surface area (Å²) in [4.78, 5) is 27.4. The quantitative estimate of drug-likeness (QED) is 0.534. The maximum Gasteiger partial charge on any atom is 0.284 e. The Morgan fingerprint density at radius 2 is 1.59 bits per heavy atom. The summed E-state index contributed by atoms with van der Waals surface area (Å²) in [6, 6.07) is 12.2. The molecule has 1 aliphatic carbocycles. The first-order valence-corrected chi connectivity index (χ1v) is 14.0. The van der Waals surface area contributed by atoms with E-state index in [2.05, 4.69) is 9.71 Å². The van der Waals surface area contributed by atoms with Gasteiger partial charge >= 0.3 is 0 Å². The second-order valence-electron chi connectivity index (χ2n) is 8.17. The van der Waals surface area contributed by atoms with E-state index in [-0.39, 0.29) is 34.3 Å². The van der Waals surface area contributed by atoms with E-state index in [0.717, 1.165) is 43.9 Å². The average Bonchev–Trinajstić information content (AvgIpc) is 3.10. The Bertz CT molecular complexity index is 1200. The van der Waals surface area contributed by atoms with Crippen molar-refractivity contribution >= 4 is 67.7 Å². The highest BCUT2D eigenvalue weighted by atomic mass is 35.5. The number of amides is 2. The topological polar surface area (TPSA) is 95.9 Å². The first kappa shape index (κ1) is 25.0. The molecular formula is C23H23Cl2N3O4S2. The number of hydrogen-bond acceptors (Lipinski definition) is 5. The molecule has 0 spiro atoms. The highest BCUT2D eigenvalue weighted by Crippen LogP contribution is 2.36. The Balaban J connectivity index is 1.57. The number of carbonyl (C=O) groups excluding carboxylic acids is 2. The minimum Gasteiger partial charge on any atom is -0.326 e. The third kappa shape index (κ3) is 5.94. The Labute approximate surface area is 213 Å². The van der Waals surface area contributed by atoms with Gasteiger partial charge in [0.05, 0.1) is 4.90 Å². The lowest BCUT2D eigenvalue weighted by atomic mass is 9.94. The summed E-state index contributed by atoms with van der Waals surface area (Å²) in [5.41, 5.74) is 0.563. The monoisotopic (exact) mass is 539 g/mol. The third-order valence-corrected chi connectivity index (χ3v) is 8.77. The fourth-order valence-electron chi connectivity index (χ4n) is 4.03. The molecule has 180 valence electrons. The van der Waals surface area contributed by atoms with Gasteiger partial charge in [-0.15, -0.1) is 4.40 Å². The maximum atomic E-state index is 13.3. The number of nitrogens with zero attached hydrogens (tertiary/aromatic N) is 2. The molecule has 2 aromatic carbocycles. The van der Waals surface area contributed by atoms with Crippen molar-refractivity contribution in [2.45, 2.75) is 54.7 Å². The second kappa shape index (κ2) is 10.7. The number of amidine groups is 1. The predicted octanol–water partition coefficient (Wildman–Crippen LogP) is 5.34. The number of rotatable bonds is 6. The lowest BCUT2D eigenvalue weighted by molar-refractivity contribution is -0.130. The molecule has 0 radical (unpaired) electrons. The molecule has 2 amide bonds. The van der Waals surface area contributed by atoms with Crippen molar-refractivity contribution in [1.29, 1.82) is 0 Å². The molecule has 4 rings (SSSR count). The molecule has 1 aliphatic heterocycles. The SMILES string of the molecule is O=C(C[C@@H]1SC(=NS(=O)(=O)c2ccc(Cl)cc2)N(C2CCCCC2)C1=O)Nc1ccc(Cl)cc1. The van der Waals surface area contributed by atoms with Crippen LogP contribution in [0.5, 0.6) is 0 Å². The first-order valence-electron chi connectivity index (χ1n) is 10.9. The smallest absolute Gasteiger partial charge is 0.284 e. The molecule has 0 unspecified atom stereocenters. The van der Waals surface area contributed by atoms with Gasteiger partial charge in [-0.25, -0.2) is 0 Å². The Kier molecular flexibility index (Phi) is 7.87. The molecule has 1 N–H and O–H groups in total. The van der Waals surface area contributed by atoms with Crippen LogP contribution in [-0.2, 0) is 19.6 Å². The fraction of sp³-hybridized carbons (Fsp3) is 0.348. The summed E-state index contributed by atoms with van der Waals surface area (Å²) in [7, 11) is -4.06. The molecule has 2 fully saturated rings. The molecule has 1 saturated heterocycles. The zero-order chi connectivity index (χ0) is 24.3.